The van der Waals surface area contributed by atoms with Crippen LogP contribution in [0.2, 0.25) is 0 Å². The molecule has 0 radical (unpaired) electrons. The lowest BCUT2D eigenvalue weighted by Crippen LogP contribution is -2.51. The number of nitrogens with one attached hydrogen (secondary N) is 2. The Kier molecular flexibility index (Phi) is 9.36. The van der Waals surface area contributed by atoms with Crippen LogP contribution < -0.4 is 15.4 Å². The Morgan fingerprint density at radius 2 is 1.74 bits per heavy atom. The molecule has 0 unspecified atom stereocenters. The first kappa shape index (κ1) is 28.8. The predicted octanol–water partition coefficient (Wildman–Crippen LogP) is 2.28. The second-order valence-corrected chi connectivity index (χ2v) is 8.19. The van der Waals surface area contributed by atoms with E-state index in [-0.39, 0.29) is 11.4 Å². The van der Waals surface area contributed by atoms with E-state index in [4.69, 9.17) is 9.26 Å². The number of benzene rings is 2. The lowest BCUT2D eigenvalue weighted by molar-refractivity contribution is -0.143. The quantitative estimate of drug-likeness (QED) is 0.272. The molecule has 11 nitrogen and oxygen atoms in total. The van der Waals surface area contributed by atoms with Crippen LogP contribution in [-0.4, -0.2) is 59.5 Å². The number of esters is 1. The molecule has 0 spiro atoms. The molecular weight excluding hydrogens is 525 g/mol. The molecule has 0 aliphatic carbocycles. The molecule has 39 heavy (non-hydrogen) atoms. The molecule has 0 aliphatic rings. The number of hydrogen-bond donors (Lipinski definition) is 2. The molecule has 14 heteroatoms. The Labute approximate surface area is 219 Å². The number of ketones is 1. The van der Waals surface area contributed by atoms with E-state index in [9.17, 15) is 32.3 Å². The molecule has 0 saturated carbocycles. The lowest BCUT2D eigenvalue weighted by atomic mass is 10.1. The highest BCUT2D eigenvalue weighted by Crippen LogP contribution is 2.27. The third kappa shape index (κ3) is 7.18. The Morgan fingerprint density at radius 1 is 1.05 bits per heavy atom. The summed E-state index contributed by atoms with van der Waals surface area (Å²) in [5.74, 6) is -8.86. The number of amides is 2. The zero-order valence-corrected chi connectivity index (χ0v) is 20.9. The smallest absolute Gasteiger partial charge is 0.316 e. The highest BCUT2D eigenvalue weighted by Gasteiger charge is 2.29. The normalized spacial score (nSPS) is 12.3. The number of carbonyl (C=O) groups excluding carboxylic acids is 4. The third-order valence-corrected chi connectivity index (χ3v) is 5.42. The van der Waals surface area contributed by atoms with Gasteiger partial charge in [-0.15, -0.1) is 0 Å². The Hall–Kier alpha value is -4.75. The van der Waals surface area contributed by atoms with Crippen molar-refractivity contribution < 1.29 is 46.3 Å². The largest absolute Gasteiger partial charge is 0.482 e. The van der Waals surface area contributed by atoms with Crippen molar-refractivity contribution in [2.24, 2.45) is 0 Å². The minimum absolute atomic E-state index is 0.145. The van der Waals surface area contributed by atoms with Crippen molar-refractivity contribution in [1.82, 2.24) is 20.8 Å². The lowest BCUT2D eigenvalue weighted by Gasteiger charge is -2.20. The number of carbonyl (C=O) groups is 4. The summed E-state index contributed by atoms with van der Waals surface area (Å²) in [4.78, 5) is 53.7. The van der Waals surface area contributed by atoms with Crippen molar-refractivity contribution in [2.45, 2.75) is 32.4 Å². The molecular formula is C25H23F3N4O7. The van der Waals surface area contributed by atoms with Crippen molar-refractivity contribution in [3.63, 3.8) is 0 Å². The summed E-state index contributed by atoms with van der Waals surface area (Å²) >= 11 is 0. The summed E-state index contributed by atoms with van der Waals surface area (Å²) in [6, 6.07) is 6.19. The van der Waals surface area contributed by atoms with Gasteiger partial charge in [-0.05, 0) is 13.8 Å². The second kappa shape index (κ2) is 12.7. The molecule has 206 valence electrons. The minimum Gasteiger partial charge on any atom is -0.482 e. The number of aromatic nitrogens is 2. The zero-order valence-electron chi connectivity index (χ0n) is 20.9. The number of halogens is 3. The molecule has 2 atom stereocenters. The molecule has 2 aromatic carbocycles. The van der Waals surface area contributed by atoms with E-state index in [1.807, 2.05) is 0 Å². The molecule has 0 saturated heterocycles. The fourth-order valence-electron chi connectivity index (χ4n) is 3.22. The van der Waals surface area contributed by atoms with Crippen LogP contribution in [0.5, 0.6) is 5.75 Å². The number of ether oxygens (including phenoxy) is 2. The van der Waals surface area contributed by atoms with Crippen LogP contribution in [0.1, 0.15) is 29.6 Å². The van der Waals surface area contributed by atoms with Crippen molar-refractivity contribution in [3.05, 3.63) is 65.3 Å². The summed E-state index contributed by atoms with van der Waals surface area (Å²) in [5.41, 5.74) is 0.205. The molecule has 2 amide bonds. The van der Waals surface area contributed by atoms with E-state index < -0.39 is 77.8 Å². The molecule has 1 heterocycles. The summed E-state index contributed by atoms with van der Waals surface area (Å²) < 4.78 is 55.8. The van der Waals surface area contributed by atoms with Crippen molar-refractivity contribution in [1.29, 1.82) is 0 Å². The number of methoxy groups -OCH3 is 1. The van der Waals surface area contributed by atoms with Gasteiger partial charge in [-0.2, -0.15) is 9.37 Å². The SMILES string of the molecule is COC(=O)C[C@H](NC(=O)[C@H](C)NC(=O)c1nc(-c2ccccc2)no1)C(=O)COc1c(C)c(F)cc(F)c1F. The molecule has 0 aliphatic heterocycles. The fourth-order valence-corrected chi connectivity index (χ4v) is 3.22. The first-order valence-corrected chi connectivity index (χ1v) is 11.4. The van der Waals surface area contributed by atoms with Gasteiger partial charge in [0.25, 0.3) is 0 Å². The van der Waals surface area contributed by atoms with Crippen LogP contribution in [0.3, 0.4) is 0 Å². The van der Waals surface area contributed by atoms with Gasteiger partial charge in [0.15, 0.2) is 17.3 Å². The number of rotatable bonds is 11. The minimum atomic E-state index is -1.54. The number of nitrogens with zero attached hydrogens (tertiary/aromatic N) is 2. The monoisotopic (exact) mass is 548 g/mol. The molecule has 0 bridgehead atoms. The molecule has 3 aromatic rings. The van der Waals surface area contributed by atoms with Gasteiger partial charge in [0.05, 0.1) is 13.5 Å². The Balaban J connectivity index is 1.65. The van der Waals surface area contributed by atoms with Gasteiger partial charge in [0.2, 0.25) is 17.5 Å². The number of hydrogen-bond acceptors (Lipinski definition) is 9. The van der Waals surface area contributed by atoms with Crippen LogP contribution in [0.25, 0.3) is 11.4 Å². The van der Waals surface area contributed by atoms with Crippen LogP contribution in [-0.2, 0) is 19.1 Å². The first-order chi connectivity index (χ1) is 18.5. The molecule has 3 rings (SSSR count). The maximum Gasteiger partial charge on any atom is 0.316 e. The summed E-state index contributed by atoms with van der Waals surface area (Å²) in [6.07, 6.45) is -0.645. The van der Waals surface area contributed by atoms with Crippen molar-refractivity contribution >= 4 is 23.6 Å². The van der Waals surface area contributed by atoms with Gasteiger partial charge in [0, 0.05) is 17.2 Å². The second-order valence-electron chi connectivity index (χ2n) is 8.19. The van der Waals surface area contributed by atoms with Gasteiger partial charge < -0.3 is 24.6 Å². The maximum absolute atomic E-state index is 14.1. The predicted molar refractivity (Wildman–Crippen MR) is 127 cm³/mol. The zero-order chi connectivity index (χ0) is 28.7. The topological polar surface area (TPSA) is 150 Å². The van der Waals surface area contributed by atoms with Crippen LogP contribution >= 0.6 is 0 Å². The van der Waals surface area contributed by atoms with Gasteiger partial charge in [-0.1, -0.05) is 35.5 Å². The standard InChI is InChI=1S/C25H23F3N4O7/c1-12-15(26)9-16(27)20(28)21(12)38-11-18(33)17(10-19(34)37-3)30-23(35)13(2)29-24(36)25-31-22(32-39-25)14-7-5-4-6-8-14/h4-9,13,17H,10-11H2,1-3H3,(H,29,36)(H,30,35)/t13-,17-/m0/s1. The Morgan fingerprint density at radius 3 is 2.41 bits per heavy atom. The number of Topliss-reactive ketones (excluding diaryl/α,β-unsaturated/α-hetero) is 1. The molecule has 1 aromatic heterocycles. The van der Waals surface area contributed by atoms with E-state index >= 15 is 0 Å². The van der Waals surface area contributed by atoms with Gasteiger partial charge in [-0.25, -0.2) is 8.78 Å². The van der Waals surface area contributed by atoms with Crippen molar-refractivity contribution in [3.8, 4) is 17.1 Å². The summed E-state index contributed by atoms with van der Waals surface area (Å²) in [5, 5.41) is 8.29. The molecule has 2 N–H and O–H groups in total. The van der Waals surface area contributed by atoms with E-state index in [0.717, 1.165) is 14.0 Å². The maximum atomic E-state index is 14.1. The van der Waals surface area contributed by atoms with Crippen LogP contribution in [0.15, 0.2) is 40.9 Å². The highest BCUT2D eigenvalue weighted by atomic mass is 19.2. The van der Waals surface area contributed by atoms with Gasteiger partial charge in [-0.3, -0.25) is 19.2 Å². The first-order valence-electron chi connectivity index (χ1n) is 11.4. The van der Waals surface area contributed by atoms with E-state index in [1.54, 1.807) is 30.3 Å². The van der Waals surface area contributed by atoms with Crippen LogP contribution in [0, 0.1) is 24.4 Å². The van der Waals surface area contributed by atoms with E-state index in [0.29, 0.717) is 11.6 Å². The van der Waals surface area contributed by atoms with Crippen molar-refractivity contribution in [2.75, 3.05) is 13.7 Å². The third-order valence-electron chi connectivity index (χ3n) is 5.42. The molecule has 0 fully saturated rings. The van der Waals surface area contributed by atoms with E-state index in [1.165, 1.54) is 6.92 Å². The summed E-state index contributed by atoms with van der Waals surface area (Å²) in [6.45, 7) is 1.45. The van der Waals surface area contributed by atoms with E-state index in [2.05, 4.69) is 25.5 Å². The highest BCUT2D eigenvalue weighted by molar-refractivity contribution is 5.97. The summed E-state index contributed by atoms with van der Waals surface area (Å²) in [7, 11) is 1.05. The Bertz CT molecular complexity index is 1360. The van der Waals surface area contributed by atoms with Gasteiger partial charge in [0.1, 0.15) is 24.5 Å². The van der Waals surface area contributed by atoms with Gasteiger partial charge >= 0.3 is 17.8 Å². The average molecular weight is 548 g/mol. The average Bonchev–Trinajstić information content (AvgIpc) is 3.42. The van der Waals surface area contributed by atoms with Crippen LogP contribution in [0.4, 0.5) is 13.2 Å². The fraction of sp³-hybridized carbons (Fsp3) is 0.280.